The maximum atomic E-state index is 13.4. The molecule has 0 bridgehead atoms. The number of nitriles is 1. The summed E-state index contributed by atoms with van der Waals surface area (Å²) in [5.41, 5.74) is 0.434. The molecule has 0 aliphatic carbocycles. The first-order valence-electron chi connectivity index (χ1n) is 4.59. The molecule has 80 valence electrons. The summed E-state index contributed by atoms with van der Waals surface area (Å²) >= 11 is 5.87. The van der Waals surface area contributed by atoms with Crippen LogP contribution in [-0.2, 0) is 6.54 Å². The lowest BCUT2D eigenvalue weighted by atomic mass is 10.2. The molecule has 0 aliphatic heterocycles. The van der Waals surface area contributed by atoms with Crippen LogP contribution >= 0.6 is 11.6 Å². The summed E-state index contributed by atoms with van der Waals surface area (Å²) in [7, 11) is 1.76. The van der Waals surface area contributed by atoms with Gasteiger partial charge in [-0.05, 0) is 26.1 Å². The van der Waals surface area contributed by atoms with Crippen LogP contribution in [0.3, 0.4) is 0 Å². The highest BCUT2D eigenvalue weighted by molar-refractivity contribution is 6.31. The summed E-state index contributed by atoms with van der Waals surface area (Å²) in [5, 5.41) is 9.10. The van der Waals surface area contributed by atoms with E-state index in [9.17, 15) is 4.39 Å². The van der Waals surface area contributed by atoms with E-state index in [1.807, 2.05) is 0 Å². The van der Waals surface area contributed by atoms with Gasteiger partial charge in [-0.3, -0.25) is 4.90 Å². The summed E-state index contributed by atoms with van der Waals surface area (Å²) in [6.07, 6.45) is 0. The van der Waals surface area contributed by atoms with Crippen molar-refractivity contribution in [2.24, 2.45) is 0 Å². The van der Waals surface area contributed by atoms with E-state index in [0.717, 1.165) is 0 Å². The van der Waals surface area contributed by atoms with Crippen LogP contribution in [-0.4, -0.2) is 18.0 Å². The first kappa shape index (κ1) is 12.0. The number of halogens is 2. The molecular formula is C11H12ClFN2. The zero-order chi connectivity index (χ0) is 11.4. The van der Waals surface area contributed by atoms with Gasteiger partial charge in [0.15, 0.2) is 0 Å². The Labute approximate surface area is 93.9 Å². The van der Waals surface area contributed by atoms with Crippen molar-refractivity contribution in [3.8, 4) is 6.07 Å². The van der Waals surface area contributed by atoms with Gasteiger partial charge in [0.05, 0.1) is 12.1 Å². The zero-order valence-electron chi connectivity index (χ0n) is 8.67. The van der Waals surface area contributed by atoms with Crippen molar-refractivity contribution in [3.05, 3.63) is 34.6 Å². The minimum atomic E-state index is -0.334. The molecule has 0 aromatic heterocycles. The van der Waals surface area contributed by atoms with Gasteiger partial charge in [0.25, 0.3) is 0 Å². The minimum absolute atomic E-state index is 0.263. The predicted octanol–water partition coefficient (Wildman–Crippen LogP) is 2.82. The third-order valence-electron chi connectivity index (χ3n) is 2.32. The summed E-state index contributed by atoms with van der Waals surface area (Å²) in [6, 6.07) is 6.40. The largest absolute Gasteiger partial charge is 0.287 e. The molecule has 1 aromatic rings. The number of hydrogen-bond acceptors (Lipinski definition) is 2. The molecular weight excluding hydrogens is 215 g/mol. The topological polar surface area (TPSA) is 27.0 Å². The van der Waals surface area contributed by atoms with Gasteiger partial charge in [0.1, 0.15) is 5.82 Å². The first-order valence-corrected chi connectivity index (χ1v) is 4.96. The van der Waals surface area contributed by atoms with E-state index in [1.54, 1.807) is 31.0 Å². The Morgan fingerprint density at radius 3 is 2.80 bits per heavy atom. The number of benzene rings is 1. The van der Waals surface area contributed by atoms with Crippen LogP contribution in [0.25, 0.3) is 0 Å². The monoisotopic (exact) mass is 226 g/mol. The lowest BCUT2D eigenvalue weighted by Gasteiger charge is -2.19. The SMILES string of the molecule is CC(C#N)N(C)Cc1c(F)cccc1Cl. The second-order valence-electron chi connectivity index (χ2n) is 3.42. The molecule has 0 radical (unpaired) electrons. The minimum Gasteiger partial charge on any atom is -0.287 e. The van der Waals surface area contributed by atoms with E-state index in [1.165, 1.54) is 6.07 Å². The van der Waals surface area contributed by atoms with Crippen molar-refractivity contribution in [1.82, 2.24) is 4.90 Å². The van der Waals surface area contributed by atoms with E-state index in [0.29, 0.717) is 17.1 Å². The molecule has 1 atom stereocenters. The van der Waals surface area contributed by atoms with Gasteiger partial charge in [-0.2, -0.15) is 5.26 Å². The summed E-state index contributed by atoms with van der Waals surface area (Å²) in [6.45, 7) is 2.09. The fourth-order valence-corrected chi connectivity index (χ4v) is 1.39. The van der Waals surface area contributed by atoms with Crippen molar-refractivity contribution in [3.63, 3.8) is 0 Å². The van der Waals surface area contributed by atoms with Crippen molar-refractivity contribution in [2.75, 3.05) is 7.05 Å². The van der Waals surface area contributed by atoms with Crippen LogP contribution in [0.2, 0.25) is 5.02 Å². The molecule has 4 heteroatoms. The van der Waals surface area contributed by atoms with Crippen molar-refractivity contribution in [1.29, 1.82) is 5.26 Å². The molecule has 0 spiro atoms. The highest BCUT2D eigenvalue weighted by Gasteiger charge is 2.13. The van der Waals surface area contributed by atoms with E-state index < -0.39 is 0 Å². The van der Waals surface area contributed by atoms with Crippen LogP contribution < -0.4 is 0 Å². The number of rotatable bonds is 3. The van der Waals surface area contributed by atoms with Crippen LogP contribution in [0.5, 0.6) is 0 Å². The maximum Gasteiger partial charge on any atom is 0.129 e. The molecule has 1 aromatic carbocycles. The van der Waals surface area contributed by atoms with E-state index >= 15 is 0 Å². The first-order chi connectivity index (χ1) is 7.06. The molecule has 1 rings (SSSR count). The van der Waals surface area contributed by atoms with Gasteiger partial charge in [-0.15, -0.1) is 0 Å². The molecule has 0 fully saturated rings. The Bertz CT molecular complexity index is 366. The average molecular weight is 227 g/mol. The van der Waals surface area contributed by atoms with Crippen molar-refractivity contribution in [2.45, 2.75) is 19.5 Å². The van der Waals surface area contributed by atoms with Gasteiger partial charge < -0.3 is 0 Å². The average Bonchev–Trinajstić information content (AvgIpc) is 2.22. The third kappa shape index (κ3) is 2.92. The molecule has 2 nitrogen and oxygen atoms in total. The molecule has 1 unspecified atom stereocenters. The second kappa shape index (κ2) is 5.11. The number of nitrogens with zero attached hydrogens (tertiary/aromatic N) is 2. The molecule has 0 amide bonds. The van der Waals surface area contributed by atoms with Gasteiger partial charge in [0, 0.05) is 17.1 Å². The second-order valence-corrected chi connectivity index (χ2v) is 3.83. The smallest absolute Gasteiger partial charge is 0.129 e. The molecule has 0 N–H and O–H groups in total. The third-order valence-corrected chi connectivity index (χ3v) is 2.67. The quantitative estimate of drug-likeness (QED) is 0.793. The molecule has 0 heterocycles. The molecule has 0 saturated heterocycles. The Morgan fingerprint density at radius 2 is 2.27 bits per heavy atom. The highest BCUT2D eigenvalue weighted by atomic mass is 35.5. The van der Waals surface area contributed by atoms with E-state index in [-0.39, 0.29) is 11.9 Å². The van der Waals surface area contributed by atoms with Gasteiger partial charge in [-0.25, -0.2) is 4.39 Å². The summed E-state index contributed by atoms with van der Waals surface area (Å²) < 4.78 is 13.4. The van der Waals surface area contributed by atoms with Crippen LogP contribution in [0.1, 0.15) is 12.5 Å². The van der Waals surface area contributed by atoms with E-state index in [4.69, 9.17) is 16.9 Å². The molecule has 0 aliphatic rings. The highest BCUT2D eigenvalue weighted by Crippen LogP contribution is 2.20. The lowest BCUT2D eigenvalue weighted by molar-refractivity contribution is 0.290. The summed E-state index contributed by atoms with van der Waals surface area (Å²) in [5.74, 6) is -0.334. The maximum absolute atomic E-state index is 13.4. The standard InChI is InChI=1S/C11H12ClFN2/c1-8(6-14)15(2)7-9-10(12)4-3-5-11(9)13/h3-5,8H,7H2,1-2H3. The molecule has 0 saturated carbocycles. The number of hydrogen-bond donors (Lipinski definition) is 0. The van der Waals surface area contributed by atoms with Gasteiger partial charge in [-0.1, -0.05) is 17.7 Å². The molecule has 15 heavy (non-hydrogen) atoms. The fourth-order valence-electron chi connectivity index (χ4n) is 1.17. The van der Waals surface area contributed by atoms with Crippen LogP contribution in [0, 0.1) is 17.1 Å². The Kier molecular flexibility index (Phi) is 4.07. The Hall–Kier alpha value is -1.11. The lowest BCUT2D eigenvalue weighted by Crippen LogP contribution is -2.27. The zero-order valence-corrected chi connectivity index (χ0v) is 9.42. The van der Waals surface area contributed by atoms with Gasteiger partial charge in [0.2, 0.25) is 0 Å². The normalized spacial score (nSPS) is 12.5. The van der Waals surface area contributed by atoms with Crippen LogP contribution in [0.15, 0.2) is 18.2 Å². The van der Waals surface area contributed by atoms with Crippen molar-refractivity contribution >= 4 is 11.6 Å². The van der Waals surface area contributed by atoms with Crippen LogP contribution in [0.4, 0.5) is 4.39 Å². The van der Waals surface area contributed by atoms with Gasteiger partial charge >= 0.3 is 0 Å². The predicted molar refractivity (Wildman–Crippen MR) is 58.0 cm³/mol. The van der Waals surface area contributed by atoms with E-state index in [2.05, 4.69) is 6.07 Å². The Morgan fingerprint density at radius 1 is 1.60 bits per heavy atom. The fraction of sp³-hybridized carbons (Fsp3) is 0.364. The summed E-state index contributed by atoms with van der Waals surface area (Å²) in [4.78, 5) is 1.74. The Balaban J connectivity index is 2.86. The van der Waals surface area contributed by atoms with Crippen molar-refractivity contribution < 1.29 is 4.39 Å².